The van der Waals surface area contributed by atoms with E-state index in [4.69, 9.17) is 0 Å². The summed E-state index contributed by atoms with van der Waals surface area (Å²) in [4.78, 5) is 13.1. The van der Waals surface area contributed by atoms with Gasteiger partial charge in [0.1, 0.15) is 4.21 Å². The van der Waals surface area contributed by atoms with E-state index in [-0.39, 0.29) is 16.0 Å². The van der Waals surface area contributed by atoms with E-state index in [1.54, 1.807) is 6.07 Å². The van der Waals surface area contributed by atoms with Crippen molar-refractivity contribution in [1.29, 1.82) is 0 Å². The second kappa shape index (κ2) is 5.52. The number of carbonyl (C=O) groups excluding carboxylic acids is 1. The lowest BCUT2D eigenvalue weighted by Crippen LogP contribution is -2.31. The van der Waals surface area contributed by atoms with E-state index in [0.717, 1.165) is 16.0 Å². The average Bonchev–Trinajstić information content (AvgIpc) is 3.13. The number of hydrogen-bond acceptors (Lipinski definition) is 4. The van der Waals surface area contributed by atoms with Crippen LogP contribution in [0.4, 0.5) is 0 Å². The van der Waals surface area contributed by atoms with Crippen LogP contribution in [0, 0.1) is 19.8 Å². The molecule has 4 nitrogen and oxygen atoms in total. The number of hydrogen-bond donors (Lipinski definition) is 1. The molecule has 1 fully saturated rings. The van der Waals surface area contributed by atoms with Crippen molar-refractivity contribution in [3.8, 4) is 0 Å². The Hall–Kier alpha value is -1.66. The van der Waals surface area contributed by atoms with Crippen molar-refractivity contribution in [2.24, 2.45) is 5.92 Å². The molecule has 1 heterocycles. The van der Waals surface area contributed by atoms with Crippen LogP contribution in [0.3, 0.4) is 0 Å². The number of thiophene rings is 1. The molecular weight excluding hydrogens is 318 g/mol. The third-order valence-corrected chi connectivity index (χ3v) is 6.65. The van der Waals surface area contributed by atoms with Crippen molar-refractivity contribution in [3.63, 3.8) is 0 Å². The fraction of sp³-hybridized carbons (Fsp3) is 0.312. The number of amides is 1. The van der Waals surface area contributed by atoms with Crippen LogP contribution >= 0.6 is 11.3 Å². The fourth-order valence-electron chi connectivity index (χ4n) is 2.57. The third kappa shape index (κ3) is 3.08. The van der Waals surface area contributed by atoms with E-state index in [2.05, 4.69) is 10.8 Å². The summed E-state index contributed by atoms with van der Waals surface area (Å²) in [5.74, 6) is -0.532. The highest BCUT2D eigenvalue weighted by molar-refractivity contribution is 7.92. The zero-order valence-corrected chi connectivity index (χ0v) is 14.0. The Morgan fingerprint density at radius 2 is 2.00 bits per heavy atom. The fourth-order valence-corrected chi connectivity index (χ4v) is 4.88. The first kappa shape index (κ1) is 15.2. The zero-order chi connectivity index (χ0) is 15.9. The summed E-state index contributed by atoms with van der Waals surface area (Å²) >= 11 is 1.17. The number of rotatable bonds is 4. The van der Waals surface area contributed by atoms with Gasteiger partial charge in [0, 0.05) is 10.8 Å². The lowest BCUT2D eigenvalue weighted by atomic mass is 10.1. The molecule has 22 heavy (non-hydrogen) atoms. The van der Waals surface area contributed by atoms with Crippen LogP contribution in [0.25, 0.3) is 0 Å². The minimum atomic E-state index is -3.74. The average molecular weight is 335 g/mol. The van der Waals surface area contributed by atoms with Gasteiger partial charge in [0.15, 0.2) is 0 Å². The van der Waals surface area contributed by atoms with Crippen molar-refractivity contribution in [2.75, 3.05) is 0 Å². The summed E-state index contributed by atoms with van der Waals surface area (Å²) in [6.07, 6.45) is 0.703. The minimum Gasteiger partial charge on any atom is -0.274 e. The molecule has 1 aliphatic carbocycles. The minimum absolute atomic E-state index is 0.125. The summed E-state index contributed by atoms with van der Waals surface area (Å²) in [6, 6.07) is 11.3. The van der Waals surface area contributed by atoms with Gasteiger partial charge in [-0.3, -0.25) is 4.79 Å². The van der Waals surface area contributed by atoms with E-state index in [1.165, 1.54) is 17.4 Å². The van der Waals surface area contributed by atoms with Gasteiger partial charge >= 0.3 is 0 Å². The Morgan fingerprint density at radius 1 is 1.23 bits per heavy atom. The van der Waals surface area contributed by atoms with E-state index in [9.17, 15) is 13.2 Å². The molecule has 6 heteroatoms. The Bertz CT molecular complexity index is 823. The molecule has 1 N–H and O–H groups in total. The van der Waals surface area contributed by atoms with Gasteiger partial charge in [-0.15, -0.1) is 11.3 Å². The van der Waals surface area contributed by atoms with Gasteiger partial charge in [0.25, 0.3) is 10.0 Å². The monoisotopic (exact) mass is 335 g/mol. The van der Waals surface area contributed by atoms with Gasteiger partial charge < -0.3 is 0 Å². The van der Waals surface area contributed by atoms with E-state index in [1.807, 2.05) is 32.0 Å². The number of benzene rings is 1. The zero-order valence-electron chi connectivity index (χ0n) is 12.4. The number of sulfonamides is 1. The summed E-state index contributed by atoms with van der Waals surface area (Å²) in [6.45, 7) is 3.84. The van der Waals surface area contributed by atoms with Crippen molar-refractivity contribution in [2.45, 2.75) is 30.4 Å². The van der Waals surface area contributed by atoms with Gasteiger partial charge in [-0.05, 0) is 43.9 Å². The number of nitrogens with one attached hydrogen (secondary N) is 1. The molecule has 0 spiro atoms. The molecule has 0 bridgehead atoms. The topological polar surface area (TPSA) is 63.2 Å². The van der Waals surface area contributed by atoms with Gasteiger partial charge in [0.2, 0.25) is 5.91 Å². The van der Waals surface area contributed by atoms with E-state index in [0.29, 0.717) is 6.42 Å². The Labute approximate surface area is 134 Å². The first-order valence-corrected chi connectivity index (χ1v) is 9.36. The molecule has 1 aromatic carbocycles. The predicted molar refractivity (Wildman–Crippen MR) is 86.4 cm³/mol. The van der Waals surface area contributed by atoms with E-state index < -0.39 is 15.9 Å². The highest BCUT2D eigenvalue weighted by atomic mass is 32.2. The molecule has 1 amide bonds. The SMILES string of the molecule is Cc1cccc([C@H]2C[C@@H]2C(=O)NS(=O)(=O)c2ccc(C)s2)c1. The molecular formula is C16H17NO3S2. The predicted octanol–water partition coefficient (Wildman–Crippen LogP) is 2.97. The molecule has 1 aliphatic rings. The first-order chi connectivity index (χ1) is 10.4. The van der Waals surface area contributed by atoms with Gasteiger partial charge in [0.05, 0.1) is 0 Å². The summed E-state index contributed by atoms with van der Waals surface area (Å²) < 4.78 is 26.7. The van der Waals surface area contributed by atoms with Crippen LogP contribution in [0.1, 0.15) is 28.3 Å². The Morgan fingerprint density at radius 3 is 2.64 bits per heavy atom. The highest BCUT2D eigenvalue weighted by Gasteiger charge is 2.45. The summed E-state index contributed by atoms with van der Waals surface area (Å²) in [5, 5.41) is 0. The van der Waals surface area contributed by atoms with Crippen LogP contribution < -0.4 is 4.72 Å². The van der Waals surface area contributed by atoms with Crippen LogP contribution in [-0.4, -0.2) is 14.3 Å². The van der Waals surface area contributed by atoms with Crippen LogP contribution in [0.2, 0.25) is 0 Å². The van der Waals surface area contributed by atoms with Gasteiger partial charge in [-0.1, -0.05) is 29.8 Å². The maximum Gasteiger partial charge on any atom is 0.273 e. The first-order valence-electron chi connectivity index (χ1n) is 7.06. The van der Waals surface area contributed by atoms with Gasteiger partial charge in [-0.25, -0.2) is 13.1 Å². The second-order valence-corrected chi connectivity index (χ2v) is 8.89. The third-order valence-electron chi connectivity index (χ3n) is 3.81. The number of aryl methyl sites for hydroxylation is 2. The lowest BCUT2D eigenvalue weighted by Gasteiger charge is -2.05. The van der Waals surface area contributed by atoms with Crippen molar-refractivity contribution >= 4 is 27.3 Å². The van der Waals surface area contributed by atoms with Crippen molar-refractivity contribution in [3.05, 3.63) is 52.4 Å². The van der Waals surface area contributed by atoms with Crippen LogP contribution in [0.5, 0.6) is 0 Å². The molecule has 2 aromatic rings. The van der Waals surface area contributed by atoms with Crippen molar-refractivity contribution < 1.29 is 13.2 Å². The molecule has 3 rings (SSSR count). The smallest absolute Gasteiger partial charge is 0.273 e. The second-order valence-electron chi connectivity index (χ2n) is 5.70. The molecule has 1 aromatic heterocycles. The largest absolute Gasteiger partial charge is 0.274 e. The number of carbonyl (C=O) groups is 1. The van der Waals surface area contributed by atoms with Crippen LogP contribution in [0.15, 0.2) is 40.6 Å². The maximum atomic E-state index is 12.2. The summed E-state index contributed by atoms with van der Waals surface area (Å²) in [5.41, 5.74) is 2.25. The standard InChI is InChI=1S/C16H17NO3S2/c1-10-4-3-5-12(8-10)13-9-14(13)16(18)17-22(19,20)15-7-6-11(2)21-15/h3-8,13-14H,9H2,1-2H3,(H,17,18)/t13-,14+/m1/s1. The van der Waals surface area contributed by atoms with Crippen LogP contribution in [-0.2, 0) is 14.8 Å². The molecule has 116 valence electrons. The Kier molecular flexibility index (Phi) is 3.82. The lowest BCUT2D eigenvalue weighted by molar-refractivity contribution is -0.120. The molecule has 0 unspecified atom stereocenters. The molecule has 0 aliphatic heterocycles. The Balaban J connectivity index is 1.69. The molecule has 0 radical (unpaired) electrons. The van der Waals surface area contributed by atoms with E-state index >= 15 is 0 Å². The summed E-state index contributed by atoms with van der Waals surface area (Å²) in [7, 11) is -3.74. The quantitative estimate of drug-likeness (QED) is 0.934. The molecule has 1 saturated carbocycles. The maximum absolute atomic E-state index is 12.2. The normalized spacial score (nSPS) is 20.6. The highest BCUT2D eigenvalue weighted by Crippen LogP contribution is 2.47. The van der Waals surface area contributed by atoms with Gasteiger partial charge in [-0.2, -0.15) is 0 Å². The molecule has 0 saturated heterocycles. The van der Waals surface area contributed by atoms with Crippen molar-refractivity contribution in [1.82, 2.24) is 4.72 Å². The molecule has 2 atom stereocenters.